The molecule has 1 unspecified atom stereocenters. The molecule has 2 aliphatic heterocycles. The maximum Gasteiger partial charge on any atom is 0.0319 e. The van der Waals surface area contributed by atoms with E-state index in [0.29, 0.717) is 12.0 Å². The maximum atomic E-state index is 3.52. The summed E-state index contributed by atoms with van der Waals surface area (Å²) < 4.78 is 0. The van der Waals surface area contributed by atoms with E-state index < -0.39 is 0 Å². The first-order valence-corrected chi connectivity index (χ1v) is 9.96. The predicted molar refractivity (Wildman–Crippen MR) is 106 cm³/mol. The highest BCUT2D eigenvalue weighted by molar-refractivity contribution is 5.64. The molecule has 2 aromatic carbocycles. The molecule has 0 saturated carbocycles. The molecule has 0 aromatic heterocycles. The van der Waals surface area contributed by atoms with Crippen LogP contribution >= 0.6 is 0 Å². The van der Waals surface area contributed by atoms with Crippen LogP contribution in [-0.4, -0.2) is 31.1 Å². The second-order valence-corrected chi connectivity index (χ2v) is 7.71. The minimum absolute atomic E-state index is 0.540. The van der Waals surface area contributed by atoms with Crippen LogP contribution in [0, 0.1) is 0 Å². The average molecular weight is 335 g/mol. The van der Waals surface area contributed by atoms with Gasteiger partial charge < -0.3 is 5.32 Å². The van der Waals surface area contributed by atoms with E-state index in [1.165, 1.54) is 67.6 Å². The van der Waals surface area contributed by atoms with E-state index in [9.17, 15) is 0 Å². The first-order valence-electron chi connectivity index (χ1n) is 9.96. The monoisotopic (exact) mass is 334 g/mol. The lowest BCUT2D eigenvalue weighted by atomic mass is 9.90. The number of nitrogens with one attached hydrogen (secondary N) is 1. The molecule has 2 saturated heterocycles. The van der Waals surface area contributed by atoms with E-state index in [1.807, 2.05) is 0 Å². The fraction of sp³-hybridized carbons (Fsp3) is 0.478. The summed E-state index contributed by atoms with van der Waals surface area (Å²) in [5.41, 5.74) is 5.57. The van der Waals surface area contributed by atoms with Crippen molar-refractivity contribution >= 4 is 0 Å². The number of nitrogens with zero attached hydrogens (tertiary/aromatic N) is 1. The van der Waals surface area contributed by atoms with Crippen LogP contribution < -0.4 is 5.32 Å². The molecule has 4 rings (SSSR count). The Morgan fingerprint density at radius 3 is 2.12 bits per heavy atom. The molecular formula is C23H30N2. The lowest BCUT2D eigenvalue weighted by Crippen LogP contribution is -2.28. The summed E-state index contributed by atoms with van der Waals surface area (Å²) in [6, 6.07) is 19.0. The third-order valence-electron chi connectivity index (χ3n) is 6.09. The van der Waals surface area contributed by atoms with E-state index >= 15 is 0 Å². The van der Waals surface area contributed by atoms with E-state index in [2.05, 4.69) is 65.7 Å². The molecular weight excluding hydrogens is 304 g/mol. The Kier molecular flexibility index (Phi) is 5.19. The lowest BCUT2D eigenvalue weighted by molar-refractivity contribution is 0.263. The Hall–Kier alpha value is -1.64. The van der Waals surface area contributed by atoms with Crippen molar-refractivity contribution < 1.29 is 0 Å². The highest BCUT2D eigenvalue weighted by atomic mass is 15.2. The topological polar surface area (TPSA) is 15.3 Å². The summed E-state index contributed by atoms with van der Waals surface area (Å²) in [7, 11) is 0. The lowest BCUT2D eigenvalue weighted by Gasteiger charge is -2.24. The zero-order valence-electron chi connectivity index (χ0n) is 15.4. The van der Waals surface area contributed by atoms with Crippen LogP contribution in [-0.2, 0) is 0 Å². The van der Waals surface area contributed by atoms with Gasteiger partial charge in [-0.1, -0.05) is 48.5 Å². The van der Waals surface area contributed by atoms with Crippen LogP contribution in [0.1, 0.15) is 55.7 Å². The SMILES string of the molecule is C[C@H](c1ccc(-c2ccc(C3CCCNC3)cc2)cc1)N1CCCC1. The number of piperidine rings is 1. The molecule has 0 radical (unpaired) electrons. The van der Waals surface area contributed by atoms with Crippen molar-refractivity contribution in [2.45, 2.75) is 44.6 Å². The van der Waals surface area contributed by atoms with Crippen LogP contribution in [0.5, 0.6) is 0 Å². The highest BCUT2D eigenvalue weighted by Gasteiger charge is 2.19. The van der Waals surface area contributed by atoms with Gasteiger partial charge in [0.05, 0.1) is 0 Å². The number of benzene rings is 2. The van der Waals surface area contributed by atoms with E-state index in [0.717, 1.165) is 6.54 Å². The molecule has 2 heterocycles. The van der Waals surface area contributed by atoms with Crippen LogP contribution in [0.25, 0.3) is 11.1 Å². The van der Waals surface area contributed by atoms with Crippen molar-refractivity contribution in [3.8, 4) is 11.1 Å². The third kappa shape index (κ3) is 3.80. The van der Waals surface area contributed by atoms with Crippen LogP contribution in [0.4, 0.5) is 0 Å². The minimum Gasteiger partial charge on any atom is -0.316 e. The normalized spacial score (nSPS) is 22.8. The van der Waals surface area contributed by atoms with Gasteiger partial charge >= 0.3 is 0 Å². The zero-order valence-corrected chi connectivity index (χ0v) is 15.4. The molecule has 25 heavy (non-hydrogen) atoms. The largest absolute Gasteiger partial charge is 0.316 e. The van der Waals surface area contributed by atoms with Crippen molar-refractivity contribution in [2.24, 2.45) is 0 Å². The van der Waals surface area contributed by atoms with Crippen LogP contribution in [0.3, 0.4) is 0 Å². The van der Waals surface area contributed by atoms with Gasteiger partial charge in [-0.2, -0.15) is 0 Å². The first kappa shape index (κ1) is 16.8. The van der Waals surface area contributed by atoms with Crippen molar-refractivity contribution in [3.05, 3.63) is 59.7 Å². The fourth-order valence-electron chi connectivity index (χ4n) is 4.38. The summed E-state index contributed by atoms with van der Waals surface area (Å²) >= 11 is 0. The molecule has 1 N–H and O–H groups in total. The molecule has 2 heteroatoms. The molecule has 0 spiro atoms. The Balaban J connectivity index is 1.46. The molecule has 2 nitrogen and oxygen atoms in total. The highest BCUT2D eigenvalue weighted by Crippen LogP contribution is 2.29. The summed E-state index contributed by atoms with van der Waals surface area (Å²) in [6.45, 7) is 7.15. The van der Waals surface area contributed by atoms with Gasteiger partial charge in [0.15, 0.2) is 0 Å². The molecule has 2 atom stereocenters. The fourth-order valence-corrected chi connectivity index (χ4v) is 4.38. The standard InChI is InChI=1S/C23H30N2/c1-18(25-15-2-3-16-25)19-6-8-20(9-7-19)21-10-12-22(13-11-21)23-5-4-14-24-17-23/h6-13,18,23-24H,2-5,14-17H2,1H3/t18-,23?/m1/s1. The molecule has 2 aliphatic rings. The van der Waals surface area contributed by atoms with Gasteiger partial charge in [-0.3, -0.25) is 4.90 Å². The third-order valence-corrected chi connectivity index (χ3v) is 6.09. The van der Waals surface area contributed by atoms with Gasteiger partial charge in [-0.25, -0.2) is 0 Å². The summed E-state index contributed by atoms with van der Waals surface area (Å²) in [6.07, 6.45) is 5.31. The number of likely N-dealkylation sites (tertiary alicyclic amines) is 1. The number of rotatable bonds is 4. The number of hydrogen-bond donors (Lipinski definition) is 1. The second kappa shape index (κ2) is 7.72. The minimum atomic E-state index is 0.540. The smallest absolute Gasteiger partial charge is 0.0319 e. The Labute approximate surface area is 152 Å². The molecule has 0 amide bonds. The Morgan fingerprint density at radius 1 is 0.880 bits per heavy atom. The van der Waals surface area contributed by atoms with Crippen LogP contribution in [0.2, 0.25) is 0 Å². The first-order chi connectivity index (χ1) is 12.3. The Bertz CT molecular complexity index is 662. The van der Waals surface area contributed by atoms with Gasteiger partial charge in [-0.15, -0.1) is 0 Å². The quantitative estimate of drug-likeness (QED) is 0.848. The Morgan fingerprint density at radius 2 is 1.52 bits per heavy atom. The average Bonchev–Trinajstić information content (AvgIpc) is 3.23. The van der Waals surface area contributed by atoms with Gasteiger partial charge in [0.2, 0.25) is 0 Å². The zero-order chi connectivity index (χ0) is 17.1. The molecule has 132 valence electrons. The summed E-state index contributed by atoms with van der Waals surface area (Å²) in [5.74, 6) is 0.687. The van der Waals surface area contributed by atoms with E-state index in [-0.39, 0.29) is 0 Å². The van der Waals surface area contributed by atoms with Crippen molar-refractivity contribution in [3.63, 3.8) is 0 Å². The van der Waals surface area contributed by atoms with E-state index in [4.69, 9.17) is 0 Å². The molecule has 0 aliphatic carbocycles. The summed E-state index contributed by atoms with van der Waals surface area (Å²) in [4.78, 5) is 2.60. The molecule has 2 fully saturated rings. The van der Waals surface area contributed by atoms with Crippen molar-refractivity contribution in [1.29, 1.82) is 0 Å². The molecule has 0 bridgehead atoms. The van der Waals surface area contributed by atoms with Gasteiger partial charge in [0.1, 0.15) is 0 Å². The summed E-state index contributed by atoms with van der Waals surface area (Å²) in [5, 5.41) is 3.52. The second-order valence-electron chi connectivity index (χ2n) is 7.71. The van der Waals surface area contributed by atoms with Gasteiger partial charge in [0, 0.05) is 12.6 Å². The van der Waals surface area contributed by atoms with E-state index in [1.54, 1.807) is 0 Å². The van der Waals surface area contributed by atoms with Crippen LogP contribution in [0.15, 0.2) is 48.5 Å². The van der Waals surface area contributed by atoms with Crippen molar-refractivity contribution in [1.82, 2.24) is 10.2 Å². The molecule has 2 aromatic rings. The predicted octanol–water partition coefficient (Wildman–Crippen LogP) is 4.98. The van der Waals surface area contributed by atoms with Gasteiger partial charge in [0.25, 0.3) is 0 Å². The number of hydrogen-bond acceptors (Lipinski definition) is 2. The van der Waals surface area contributed by atoms with Crippen molar-refractivity contribution in [2.75, 3.05) is 26.2 Å². The maximum absolute atomic E-state index is 3.52. The van der Waals surface area contributed by atoms with Gasteiger partial charge in [-0.05, 0) is 80.4 Å².